The fourth-order valence-electron chi connectivity index (χ4n) is 3.10. The van der Waals surface area contributed by atoms with E-state index in [2.05, 4.69) is 36.2 Å². The highest BCUT2D eigenvalue weighted by Gasteiger charge is 2.18. The molecule has 4 nitrogen and oxygen atoms in total. The van der Waals surface area contributed by atoms with Crippen molar-refractivity contribution in [3.05, 3.63) is 93.5 Å². The number of aromatic nitrogens is 3. The van der Waals surface area contributed by atoms with E-state index in [-0.39, 0.29) is 11.5 Å². The molecular formula is C24H19Cl2N3OS. The molecule has 0 aliphatic carbocycles. The van der Waals surface area contributed by atoms with Gasteiger partial charge >= 0.3 is 0 Å². The van der Waals surface area contributed by atoms with Crippen molar-refractivity contribution in [2.45, 2.75) is 19.0 Å². The summed E-state index contributed by atoms with van der Waals surface area (Å²) in [6, 6.07) is 20.6. The van der Waals surface area contributed by atoms with Gasteiger partial charge in [0.25, 0.3) is 0 Å². The van der Waals surface area contributed by atoms with Gasteiger partial charge in [0.2, 0.25) is 0 Å². The maximum absolute atomic E-state index is 12.7. The first kappa shape index (κ1) is 21.6. The first-order chi connectivity index (χ1) is 14.9. The molecule has 0 N–H and O–H groups in total. The minimum absolute atomic E-state index is 0.00402. The van der Waals surface area contributed by atoms with Crippen LogP contribution in [0.25, 0.3) is 17.1 Å². The van der Waals surface area contributed by atoms with E-state index in [1.807, 2.05) is 34.9 Å². The van der Waals surface area contributed by atoms with Crippen LogP contribution in [0.3, 0.4) is 0 Å². The van der Waals surface area contributed by atoms with Crippen molar-refractivity contribution in [1.29, 1.82) is 0 Å². The van der Waals surface area contributed by atoms with Crippen molar-refractivity contribution in [3.63, 3.8) is 0 Å². The van der Waals surface area contributed by atoms with E-state index in [0.717, 1.165) is 11.3 Å². The summed E-state index contributed by atoms with van der Waals surface area (Å²) in [7, 11) is 0. The molecule has 0 saturated heterocycles. The third-order valence-corrected chi connectivity index (χ3v) is 6.42. The van der Waals surface area contributed by atoms with Crippen LogP contribution in [0.2, 0.25) is 10.0 Å². The molecular weight excluding hydrogens is 449 g/mol. The van der Waals surface area contributed by atoms with Gasteiger partial charge in [-0.25, -0.2) is 0 Å². The number of carbonyl (C=O) groups excluding carboxylic acids is 1. The van der Waals surface area contributed by atoms with E-state index >= 15 is 0 Å². The lowest BCUT2D eigenvalue weighted by Crippen LogP contribution is -2.05. The molecule has 0 atom stereocenters. The lowest BCUT2D eigenvalue weighted by Gasteiger charge is -2.12. The van der Waals surface area contributed by atoms with Gasteiger partial charge in [0.1, 0.15) is 0 Å². The van der Waals surface area contributed by atoms with Crippen LogP contribution in [-0.2, 0) is 0 Å². The summed E-state index contributed by atoms with van der Waals surface area (Å²) in [5.74, 6) is 0.941. The number of thioether (sulfide) groups is 1. The van der Waals surface area contributed by atoms with Gasteiger partial charge in [0.15, 0.2) is 16.8 Å². The monoisotopic (exact) mass is 467 g/mol. The Labute approximate surface area is 195 Å². The van der Waals surface area contributed by atoms with E-state index < -0.39 is 0 Å². The van der Waals surface area contributed by atoms with Gasteiger partial charge in [-0.15, -0.1) is 10.2 Å². The molecule has 4 rings (SSSR count). The third-order valence-electron chi connectivity index (χ3n) is 4.98. The number of halogens is 2. The molecule has 0 radical (unpaired) electrons. The van der Waals surface area contributed by atoms with Crippen LogP contribution in [0, 0.1) is 13.8 Å². The van der Waals surface area contributed by atoms with Crippen molar-refractivity contribution in [3.8, 4) is 17.1 Å². The maximum atomic E-state index is 12.7. The number of ketones is 1. The van der Waals surface area contributed by atoms with Gasteiger partial charge < -0.3 is 0 Å². The largest absolute Gasteiger partial charge is 0.293 e. The van der Waals surface area contributed by atoms with Gasteiger partial charge in [0, 0.05) is 21.2 Å². The second kappa shape index (κ2) is 9.27. The van der Waals surface area contributed by atoms with Crippen LogP contribution in [0.5, 0.6) is 0 Å². The van der Waals surface area contributed by atoms with Gasteiger partial charge in [-0.1, -0.05) is 41.0 Å². The predicted octanol–water partition coefficient (Wildman–Crippen LogP) is 6.83. The Kier molecular flexibility index (Phi) is 6.46. The number of hydrogen-bond donors (Lipinski definition) is 0. The third kappa shape index (κ3) is 4.85. The molecule has 31 heavy (non-hydrogen) atoms. The molecule has 4 aromatic rings. The molecule has 0 aliphatic rings. The zero-order chi connectivity index (χ0) is 22.0. The average Bonchev–Trinajstić information content (AvgIpc) is 3.19. The fourth-order valence-corrected chi connectivity index (χ4v) is 4.19. The van der Waals surface area contributed by atoms with Crippen molar-refractivity contribution in [1.82, 2.24) is 14.8 Å². The molecule has 0 unspecified atom stereocenters. The molecule has 0 amide bonds. The van der Waals surface area contributed by atoms with E-state index in [0.29, 0.717) is 26.6 Å². The van der Waals surface area contributed by atoms with E-state index in [1.165, 1.54) is 22.9 Å². The number of Topliss-reactive ketones (excluding diaryl/α,β-unsaturated/α-hetero) is 1. The molecule has 0 fully saturated rings. The molecule has 7 heteroatoms. The summed E-state index contributed by atoms with van der Waals surface area (Å²) in [5, 5.41) is 10.7. The lowest BCUT2D eigenvalue weighted by atomic mass is 10.1. The number of aryl methyl sites for hydroxylation is 2. The first-order valence-corrected chi connectivity index (χ1v) is 11.4. The Morgan fingerprint density at radius 2 is 1.52 bits per heavy atom. The Balaban J connectivity index is 1.70. The zero-order valence-corrected chi connectivity index (χ0v) is 19.3. The SMILES string of the molecule is Cc1ccc(-n2c(SCC(=O)c3ccc(Cl)cc3)nnc2-c2ccc(Cl)cc2)cc1C. The number of nitrogens with zero attached hydrogens (tertiary/aromatic N) is 3. The average molecular weight is 468 g/mol. The van der Waals surface area contributed by atoms with Crippen LogP contribution in [0.15, 0.2) is 71.9 Å². The zero-order valence-electron chi connectivity index (χ0n) is 17.0. The van der Waals surface area contributed by atoms with Crippen LogP contribution in [0.4, 0.5) is 0 Å². The molecule has 0 aliphatic heterocycles. The van der Waals surface area contributed by atoms with Crippen LogP contribution < -0.4 is 0 Å². The number of carbonyl (C=O) groups is 1. The van der Waals surface area contributed by atoms with Crippen molar-refractivity contribution in [2.24, 2.45) is 0 Å². The van der Waals surface area contributed by atoms with Crippen molar-refractivity contribution >= 4 is 40.7 Å². The highest BCUT2D eigenvalue weighted by molar-refractivity contribution is 7.99. The maximum Gasteiger partial charge on any atom is 0.196 e. The van der Waals surface area contributed by atoms with Gasteiger partial charge in [-0.2, -0.15) is 0 Å². The summed E-state index contributed by atoms with van der Waals surface area (Å²) in [6.07, 6.45) is 0. The summed E-state index contributed by atoms with van der Waals surface area (Å²) < 4.78 is 1.98. The predicted molar refractivity (Wildman–Crippen MR) is 128 cm³/mol. The highest BCUT2D eigenvalue weighted by Crippen LogP contribution is 2.30. The molecule has 1 aromatic heterocycles. The van der Waals surface area contributed by atoms with Crippen LogP contribution in [0.1, 0.15) is 21.5 Å². The quantitative estimate of drug-likeness (QED) is 0.230. The molecule has 0 saturated carbocycles. The Morgan fingerprint density at radius 1 is 0.871 bits per heavy atom. The topological polar surface area (TPSA) is 47.8 Å². The molecule has 1 heterocycles. The van der Waals surface area contributed by atoms with Crippen LogP contribution in [-0.4, -0.2) is 26.3 Å². The molecule has 0 spiro atoms. The minimum Gasteiger partial charge on any atom is -0.293 e. The van der Waals surface area contributed by atoms with Gasteiger partial charge in [-0.05, 0) is 85.6 Å². The highest BCUT2D eigenvalue weighted by atomic mass is 35.5. The standard InChI is InChI=1S/C24H19Cl2N3OS/c1-15-3-12-21(13-16(15)2)29-23(18-6-10-20(26)11-7-18)27-28-24(29)31-14-22(30)17-4-8-19(25)9-5-17/h3-13H,14H2,1-2H3. The van der Waals surface area contributed by atoms with Gasteiger partial charge in [0.05, 0.1) is 11.4 Å². The first-order valence-electron chi connectivity index (χ1n) is 9.63. The lowest BCUT2D eigenvalue weighted by molar-refractivity contribution is 0.102. The minimum atomic E-state index is 0.00402. The van der Waals surface area contributed by atoms with E-state index in [1.54, 1.807) is 24.3 Å². The number of hydrogen-bond acceptors (Lipinski definition) is 4. The Hall–Kier alpha value is -2.60. The van der Waals surface area contributed by atoms with Crippen LogP contribution >= 0.6 is 35.0 Å². The summed E-state index contributed by atoms with van der Waals surface area (Å²) in [6.45, 7) is 4.15. The molecule has 3 aromatic carbocycles. The Morgan fingerprint density at radius 3 is 2.16 bits per heavy atom. The number of benzene rings is 3. The van der Waals surface area contributed by atoms with Crippen molar-refractivity contribution < 1.29 is 4.79 Å². The second-order valence-electron chi connectivity index (χ2n) is 7.14. The fraction of sp³-hybridized carbons (Fsp3) is 0.125. The Bertz CT molecular complexity index is 1230. The summed E-state index contributed by atoms with van der Waals surface area (Å²) >= 11 is 13.3. The second-order valence-corrected chi connectivity index (χ2v) is 8.95. The smallest absolute Gasteiger partial charge is 0.196 e. The van der Waals surface area contributed by atoms with Gasteiger partial charge in [-0.3, -0.25) is 9.36 Å². The van der Waals surface area contributed by atoms with E-state index in [4.69, 9.17) is 23.2 Å². The summed E-state index contributed by atoms with van der Waals surface area (Å²) in [4.78, 5) is 12.7. The number of rotatable bonds is 6. The summed E-state index contributed by atoms with van der Waals surface area (Å²) in [5.41, 5.74) is 4.83. The van der Waals surface area contributed by atoms with Crippen molar-refractivity contribution in [2.75, 3.05) is 5.75 Å². The van der Waals surface area contributed by atoms with E-state index in [9.17, 15) is 4.79 Å². The normalized spacial score (nSPS) is 11.0. The molecule has 156 valence electrons. The molecule has 0 bridgehead atoms.